The lowest BCUT2D eigenvalue weighted by atomic mass is 9.93. The lowest BCUT2D eigenvalue weighted by molar-refractivity contribution is 0.0964. The SMILES string of the molecule is COc1c(C(=O)C2CC2)cc(Cc2cnc(N)nc2N)c(C#Cc2ccccc2)c1OC. The summed E-state index contributed by atoms with van der Waals surface area (Å²) >= 11 is 0. The number of benzene rings is 2. The molecule has 3 aromatic rings. The average molecular weight is 428 g/mol. The van der Waals surface area contributed by atoms with Gasteiger partial charge in [0.15, 0.2) is 17.3 Å². The van der Waals surface area contributed by atoms with Gasteiger partial charge < -0.3 is 20.9 Å². The Kier molecular flexibility index (Phi) is 5.95. The van der Waals surface area contributed by atoms with Crippen molar-refractivity contribution in [3.63, 3.8) is 0 Å². The summed E-state index contributed by atoms with van der Waals surface area (Å²) in [6, 6.07) is 11.5. The van der Waals surface area contributed by atoms with Crippen molar-refractivity contribution in [3.8, 4) is 23.3 Å². The second kappa shape index (κ2) is 8.98. The van der Waals surface area contributed by atoms with Gasteiger partial charge in [0.1, 0.15) is 5.82 Å². The van der Waals surface area contributed by atoms with Crippen LogP contribution in [0, 0.1) is 17.8 Å². The van der Waals surface area contributed by atoms with E-state index in [2.05, 4.69) is 21.8 Å². The number of ether oxygens (including phenoxy) is 2. The summed E-state index contributed by atoms with van der Waals surface area (Å²) in [4.78, 5) is 21.1. The van der Waals surface area contributed by atoms with E-state index >= 15 is 0 Å². The first-order valence-electron chi connectivity index (χ1n) is 10.3. The number of anilines is 2. The summed E-state index contributed by atoms with van der Waals surface area (Å²) in [6.07, 6.45) is 3.71. The Morgan fingerprint density at radius 3 is 2.41 bits per heavy atom. The minimum Gasteiger partial charge on any atom is -0.492 e. The van der Waals surface area contributed by atoms with Gasteiger partial charge in [-0.25, -0.2) is 4.98 Å². The predicted octanol–water partition coefficient (Wildman–Crippen LogP) is 3.24. The van der Waals surface area contributed by atoms with Gasteiger partial charge in [-0.05, 0) is 36.6 Å². The summed E-state index contributed by atoms with van der Waals surface area (Å²) in [5, 5.41) is 0. The van der Waals surface area contributed by atoms with Gasteiger partial charge in [0.25, 0.3) is 0 Å². The molecule has 7 nitrogen and oxygen atoms in total. The van der Waals surface area contributed by atoms with Crippen molar-refractivity contribution < 1.29 is 14.3 Å². The molecule has 7 heteroatoms. The molecule has 0 amide bonds. The molecule has 32 heavy (non-hydrogen) atoms. The molecule has 1 heterocycles. The van der Waals surface area contributed by atoms with Crippen LogP contribution in [0.1, 0.15) is 45.5 Å². The highest BCUT2D eigenvalue weighted by atomic mass is 16.5. The number of methoxy groups -OCH3 is 2. The second-order valence-electron chi connectivity index (χ2n) is 7.59. The predicted molar refractivity (Wildman–Crippen MR) is 123 cm³/mol. The quantitative estimate of drug-likeness (QED) is 0.458. The van der Waals surface area contributed by atoms with Crippen molar-refractivity contribution in [2.75, 3.05) is 25.7 Å². The fourth-order valence-electron chi connectivity index (χ4n) is 3.55. The monoisotopic (exact) mass is 428 g/mol. The molecule has 162 valence electrons. The Labute approximate surface area is 186 Å². The van der Waals surface area contributed by atoms with Crippen molar-refractivity contribution in [1.82, 2.24) is 9.97 Å². The number of carbonyl (C=O) groups is 1. The maximum Gasteiger partial charge on any atom is 0.221 e. The van der Waals surface area contributed by atoms with Gasteiger partial charge in [-0.15, -0.1) is 0 Å². The van der Waals surface area contributed by atoms with Crippen molar-refractivity contribution in [3.05, 3.63) is 70.4 Å². The first-order chi connectivity index (χ1) is 15.5. The van der Waals surface area contributed by atoms with Gasteiger partial charge in [0.2, 0.25) is 5.95 Å². The molecule has 4 N–H and O–H groups in total. The standard InChI is InChI=1S/C25H24N4O3/c1-31-22-19(11-8-15-6-4-3-5-7-15)17(12-18-14-28-25(27)29-24(18)26)13-20(23(22)32-2)21(30)16-9-10-16/h3-7,13-14,16H,9-10,12H2,1-2H3,(H4,26,27,28,29). The second-order valence-corrected chi connectivity index (χ2v) is 7.59. The van der Waals surface area contributed by atoms with E-state index in [0.29, 0.717) is 34.6 Å². The van der Waals surface area contributed by atoms with Crippen molar-refractivity contribution in [2.45, 2.75) is 19.3 Å². The number of hydrogen-bond acceptors (Lipinski definition) is 7. The molecule has 1 fully saturated rings. The largest absolute Gasteiger partial charge is 0.492 e. The summed E-state index contributed by atoms with van der Waals surface area (Å²) in [7, 11) is 3.07. The van der Waals surface area contributed by atoms with Gasteiger partial charge in [-0.2, -0.15) is 4.98 Å². The number of rotatable bonds is 6. The van der Waals surface area contributed by atoms with E-state index in [-0.39, 0.29) is 23.5 Å². The molecule has 0 bridgehead atoms. The van der Waals surface area contributed by atoms with Crippen LogP contribution in [0.15, 0.2) is 42.6 Å². The number of hydrogen-bond donors (Lipinski definition) is 2. The van der Waals surface area contributed by atoms with Crippen LogP contribution >= 0.6 is 0 Å². The van der Waals surface area contributed by atoms with Gasteiger partial charge in [-0.3, -0.25) is 4.79 Å². The number of Topliss-reactive ketones (excluding diaryl/α,β-unsaturated/α-hetero) is 1. The lowest BCUT2D eigenvalue weighted by Crippen LogP contribution is -2.10. The van der Waals surface area contributed by atoms with Crippen LogP contribution in [0.25, 0.3) is 0 Å². The maximum absolute atomic E-state index is 13.0. The number of ketones is 1. The molecule has 4 rings (SSSR count). The Bertz CT molecular complexity index is 1230. The molecular formula is C25H24N4O3. The van der Waals surface area contributed by atoms with E-state index in [1.54, 1.807) is 13.3 Å². The Balaban J connectivity index is 1.90. The van der Waals surface area contributed by atoms with Crippen LogP contribution in [-0.2, 0) is 6.42 Å². The normalized spacial score (nSPS) is 12.6. The number of aromatic nitrogens is 2. The molecule has 0 radical (unpaired) electrons. The van der Waals surface area contributed by atoms with Gasteiger partial charge in [-0.1, -0.05) is 30.0 Å². The Morgan fingerprint density at radius 1 is 1.06 bits per heavy atom. The zero-order chi connectivity index (χ0) is 22.7. The van der Waals surface area contributed by atoms with Gasteiger partial charge in [0, 0.05) is 29.7 Å². The van der Waals surface area contributed by atoms with E-state index in [0.717, 1.165) is 24.0 Å². The molecule has 1 saturated carbocycles. The number of nitrogens with zero attached hydrogens (tertiary/aromatic N) is 2. The van der Waals surface area contributed by atoms with Crippen LogP contribution in [-0.4, -0.2) is 30.0 Å². The van der Waals surface area contributed by atoms with Crippen molar-refractivity contribution in [2.24, 2.45) is 5.92 Å². The Morgan fingerprint density at radius 2 is 1.78 bits per heavy atom. The minimum atomic E-state index is 0.0210. The fourth-order valence-corrected chi connectivity index (χ4v) is 3.55. The van der Waals surface area contributed by atoms with Crippen LogP contribution in [0.4, 0.5) is 11.8 Å². The molecule has 0 saturated heterocycles. The topological polar surface area (TPSA) is 113 Å². The van der Waals surface area contributed by atoms with E-state index in [4.69, 9.17) is 20.9 Å². The minimum absolute atomic E-state index is 0.0210. The molecule has 1 aliphatic carbocycles. The van der Waals surface area contributed by atoms with E-state index < -0.39 is 0 Å². The smallest absolute Gasteiger partial charge is 0.221 e. The Hall–Kier alpha value is -4.05. The zero-order valence-electron chi connectivity index (χ0n) is 18.0. The van der Waals surface area contributed by atoms with Gasteiger partial charge >= 0.3 is 0 Å². The van der Waals surface area contributed by atoms with Crippen LogP contribution in [0.2, 0.25) is 0 Å². The highest BCUT2D eigenvalue weighted by molar-refractivity contribution is 6.03. The van der Waals surface area contributed by atoms with Crippen LogP contribution in [0.3, 0.4) is 0 Å². The highest BCUT2D eigenvalue weighted by Gasteiger charge is 2.34. The molecule has 0 unspecified atom stereocenters. The zero-order valence-corrected chi connectivity index (χ0v) is 18.0. The third kappa shape index (κ3) is 4.35. The third-order valence-electron chi connectivity index (χ3n) is 5.34. The number of carbonyl (C=O) groups excluding carboxylic acids is 1. The molecule has 0 spiro atoms. The molecule has 2 aromatic carbocycles. The summed E-state index contributed by atoms with van der Waals surface area (Å²) in [5.41, 5.74) is 15.1. The van der Waals surface area contributed by atoms with E-state index in [1.165, 1.54) is 7.11 Å². The third-order valence-corrected chi connectivity index (χ3v) is 5.34. The molecular weight excluding hydrogens is 404 g/mol. The van der Waals surface area contributed by atoms with Crippen LogP contribution in [0.5, 0.6) is 11.5 Å². The van der Waals surface area contributed by atoms with E-state index in [1.807, 2.05) is 36.4 Å². The maximum atomic E-state index is 13.0. The lowest BCUT2D eigenvalue weighted by Gasteiger charge is -2.18. The summed E-state index contributed by atoms with van der Waals surface area (Å²) in [6.45, 7) is 0. The highest BCUT2D eigenvalue weighted by Crippen LogP contribution is 2.42. The van der Waals surface area contributed by atoms with E-state index in [9.17, 15) is 4.79 Å². The fraction of sp³-hybridized carbons (Fsp3) is 0.240. The first kappa shape index (κ1) is 21.2. The molecule has 0 aliphatic heterocycles. The first-order valence-corrected chi connectivity index (χ1v) is 10.3. The molecule has 0 atom stereocenters. The molecule has 1 aliphatic rings. The molecule has 1 aromatic heterocycles. The van der Waals surface area contributed by atoms with Crippen LogP contribution < -0.4 is 20.9 Å². The number of nitrogen functional groups attached to an aromatic ring is 2. The summed E-state index contributed by atoms with van der Waals surface area (Å²) < 4.78 is 11.3. The van der Waals surface area contributed by atoms with Crippen molar-refractivity contribution >= 4 is 17.5 Å². The number of nitrogens with two attached hydrogens (primary N) is 2. The average Bonchev–Trinajstić information content (AvgIpc) is 3.65. The van der Waals surface area contributed by atoms with Crippen molar-refractivity contribution in [1.29, 1.82) is 0 Å². The summed E-state index contributed by atoms with van der Waals surface area (Å²) in [5.74, 6) is 7.65. The van der Waals surface area contributed by atoms with Gasteiger partial charge in [0.05, 0.1) is 25.3 Å².